The zero-order chi connectivity index (χ0) is 21.1. The third-order valence-electron chi connectivity index (χ3n) is 6.49. The van der Waals surface area contributed by atoms with Crippen LogP contribution in [-0.4, -0.2) is 60.9 Å². The van der Waals surface area contributed by atoms with Gasteiger partial charge >= 0.3 is 5.97 Å². The standard InChI is InChI=1S/C24H28N2O4/c1-30-24(29)19-11-15-25(16-12-19)22(27)18-9-13-26(14-10-18)23(28)21-8-4-6-17-5-2-3-7-20(17)21/h2-8,18-19H,9-16H2,1H3. The lowest BCUT2D eigenvalue weighted by molar-refractivity contribution is -0.149. The number of piperidine rings is 2. The number of fused-ring (bicyclic) bond motifs is 1. The van der Waals surface area contributed by atoms with Crippen molar-refractivity contribution in [1.29, 1.82) is 0 Å². The zero-order valence-electron chi connectivity index (χ0n) is 17.4. The minimum Gasteiger partial charge on any atom is -0.469 e. The molecule has 0 radical (unpaired) electrons. The molecule has 0 bridgehead atoms. The van der Waals surface area contributed by atoms with Crippen LogP contribution in [0.15, 0.2) is 42.5 Å². The Labute approximate surface area is 176 Å². The van der Waals surface area contributed by atoms with Gasteiger partial charge in [0.15, 0.2) is 0 Å². The molecule has 2 fully saturated rings. The van der Waals surface area contributed by atoms with E-state index in [2.05, 4.69) is 0 Å². The number of esters is 1. The first kappa shape index (κ1) is 20.4. The van der Waals surface area contributed by atoms with Gasteiger partial charge in [-0.05, 0) is 42.5 Å². The average Bonchev–Trinajstić information content (AvgIpc) is 2.82. The molecule has 2 aromatic rings. The number of methoxy groups -OCH3 is 1. The highest BCUT2D eigenvalue weighted by atomic mass is 16.5. The first-order valence-electron chi connectivity index (χ1n) is 10.7. The fourth-order valence-corrected chi connectivity index (χ4v) is 4.67. The Morgan fingerprint density at radius 3 is 2.10 bits per heavy atom. The quantitative estimate of drug-likeness (QED) is 0.732. The molecule has 2 amide bonds. The van der Waals surface area contributed by atoms with Crippen molar-refractivity contribution in [3.05, 3.63) is 48.0 Å². The van der Waals surface area contributed by atoms with Gasteiger partial charge in [-0.15, -0.1) is 0 Å². The van der Waals surface area contributed by atoms with E-state index in [1.165, 1.54) is 7.11 Å². The van der Waals surface area contributed by atoms with E-state index in [4.69, 9.17) is 4.74 Å². The third-order valence-corrected chi connectivity index (χ3v) is 6.49. The zero-order valence-corrected chi connectivity index (χ0v) is 17.4. The Balaban J connectivity index is 1.34. The lowest BCUT2D eigenvalue weighted by Crippen LogP contribution is -2.47. The topological polar surface area (TPSA) is 66.9 Å². The van der Waals surface area contributed by atoms with Gasteiger partial charge in [0.1, 0.15) is 0 Å². The number of benzene rings is 2. The second kappa shape index (κ2) is 8.86. The second-order valence-electron chi connectivity index (χ2n) is 8.22. The summed E-state index contributed by atoms with van der Waals surface area (Å²) >= 11 is 0. The van der Waals surface area contributed by atoms with Crippen LogP contribution in [0.4, 0.5) is 0 Å². The van der Waals surface area contributed by atoms with Crippen LogP contribution in [0.25, 0.3) is 10.8 Å². The SMILES string of the molecule is COC(=O)C1CCN(C(=O)C2CCN(C(=O)c3cccc4ccccc34)CC2)CC1. The van der Waals surface area contributed by atoms with Crippen LogP contribution in [0.1, 0.15) is 36.0 Å². The van der Waals surface area contributed by atoms with E-state index >= 15 is 0 Å². The normalized spacial score (nSPS) is 18.4. The van der Waals surface area contributed by atoms with E-state index in [-0.39, 0.29) is 29.6 Å². The predicted octanol–water partition coefficient (Wildman–Crippen LogP) is 3.10. The van der Waals surface area contributed by atoms with Crippen molar-refractivity contribution in [3.8, 4) is 0 Å². The molecule has 0 saturated carbocycles. The summed E-state index contributed by atoms with van der Waals surface area (Å²) in [6.45, 7) is 2.40. The Hall–Kier alpha value is -2.89. The van der Waals surface area contributed by atoms with Crippen molar-refractivity contribution in [1.82, 2.24) is 9.80 Å². The maximum atomic E-state index is 13.1. The summed E-state index contributed by atoms with van der Waals surface area (Å²) in [4.78, 5) is 41.5. The van der Waals surface area contributed by atoms with Crippen molar-refractivity contribution in [2.75, 3.05) is 33.3 Å². The molecule has 6 nitrogen and oxygen atoms in total. The van der Waals surface area contributed by atoms with Crippen LogP contribution in [0.5, 0.6) is 0 Å². The summed E-state index contributed by atoms with van der Waals surface area (Å²) in [5.74, 6) is -0.120. The smallest absolute Gasteiger partial charge is 0.308 e. The number of hydrogen-bond donors (Lipinski definition) is 0. The molecule has 2 aromatic carbocycles. The van der Waals surface area contributed by atoms with Gasteiger partial charge in [0.05, 0.1) is 13.0 Å². The van der Waals surface area contributed by atoms with Crippen LogP contribution in [0.3, 0.4) is 0 Å². The van der Waals surface area contributed by atoms with Gasteiger partial charge in [0.25, 0.3) is 5.91 Å². The van der Waals surface area contributed by atoms with Crippen molar-refractivity contribution in [3.63, 3.8) is 0 Å². The van der Waals surface area contributed by atoms with Crippen molar-refractivity contribution >= 4 is 28.6 Å². The third kappa shape index (κ3) is 4.04. The van der Waals surface area contributed by atoms with Gasteiger partial charge in [0, 0.05) is 37.7 Å². The molecule has 0 N–H and O–H groups in total. The van der Waals surface area contributed by atoms with E-state index in [9.17, 15) is 14.4 Å². The Bertz CT molecular complexity index is 936. The summed E-state index contributed by atoms with van der Waals surface area (Å²) in [7, 11) is 1.41. The largest absolute Gasteiger partial charge is 0.469 e. The molecule has 0 atom stereocenters. The van der Waals surface area contributed by atoms with E-state index in [1.807, 2.05) is 52.3 Å². The van der Waals surface area contributed by atoms with Gasteiger partial charge in [0.2, 0.25) is 5.91 Å². The molecule has 2 aliphatic heterocycles. The summed E-state index contributed by atoms with van der Waals surface area (Å²) in [6, 6.07) is 13.7. The molecule has 2 aliphatic rings. The summed E-state index contributed by atoms with van der Waals surface area (Å²) in [5, 5.41) is 2.03. The molecule has 0 aromatic heterocycles. The molecule has 0 aliphatic carbocycles. The van der Waals surface area contributed by atoms with Crippen LogP contribution in [0.2, 0.25) is 0 Å². The van der Waals surface area contributed by atoms with E-state index < -0.39 is 0 Å². The minimum atomic E-state index is -0.178. The highest BCUT2D eigenvalue weighted by Gasteiger charge is 2.34. The lowest BCUT2D eigenvalue weighted by Gasteiger charge is -2.37. The first-order chi connectivity index (χ1) is 14.6. The van der Waals surface area contributed by atoms with Gasteiger partial charge < -0.3 is 14.5 Å². The van der Waals surface area contributed by atoms with Crippen molar-refractivity contribution < 1.29 is 19.1 Å². The number of likely N-dealkylation sites (tertiary alicyclic amines) is 2. The number of hydrogen-bond acceptors (Lipinski definition) is 4. The maximum absolute atomic E-state index is 13.1. The van der Waals surface area contributed by atoms with E-state index in [1.54, 1.807) is 0 Å². The summed E-state index contributed by atoms with van der Waals surface area (Å²) in [6.07, 6.45) is 2.70. The van der Waals surface area contributed by atoms with E-state index in [0.717, 1.165) is 16.3 Å². The molecule has 4 rings (SSSR count). The monoisotopic (exact) mass is 408 g/mol. The highest BCUT2D eigenvalue weighted by Crippen LogP contribution is 2.26. The predicted molar refractivity (Wildman–Crippen MR) is 114 cm³/mol. The molecular formula is C24H28N2O4. The van der Waals surface area contributed by atoms with Gasteiger partial charge in [-0.3, -0.25) is 14.4 Å². The van der Waals surface area contributed by atoms with Crippen molar-refractivity contribution in [2.24, 2.45) is 11.8 Å². The van der Waals surface area contributed by atoms with Gasteiger partial charge in [-0.25, -0.2) is 0 Å². The molecule has 6 heteroatoms. The van der Waals surface area contributed by atoms with Crippen molar-refractivity contribution in [2.45, 2.75) is 25.7 Å². The van der Waals surface area contributed by atoms with Crippen LogP contribution in [-0.2, 0) is 14.3 Å². The molecular weight excluding hydrogens is 380 g/mol. The van der Waals surface area contributed by atoms with Gasteiger partial charge in [-0.1, -0.05) is 36.4 Å². The fourth-order valence-electron chi connectivity index (χ4n) is 4.67. The minimum absolute atomic E-state index is 0.0385. The fraction of sp³-hybridized carbons (Fsp3) is 0.458. The number of nitrogens with zero attached hydrogens (tertiary/aromatic N) is 2. The molecule has 0 unspecified atom stereocenters. The number of carbonyl (C=O) groups excluding carboxylic acids is 3. The molecule has 2 heterocycles. The molecule has 0 spiro atoms. The number of carbonyl (C=O) groups is 3. The first-order valence-corrected chi connectivity index (χ1v) is 10.7. The lowest BCUT2D eigenvalue weighted by atomic mass is 9.91. The number of amides is 2. The number of ether oxygens (including phenoxy) is 1. The van der Waals surface area contributed by atoms with Crippen LogP contribution < -0.4 is 0 Å². The van der Waals surface area contributed by atoms with E-state index in [0.29, 0.717) is 51.9 Å². The summed E-state index contributed by atoms with van der Waals surface area (Å²) < 4.78 is 4.82. The van der Waals surface area contributed by atoms with Gasteiger partial charge in [-0.2, -0.15) is 0 Å². The highest BCUT2D eigenvalue weighted by molar-refractivity contribution is 6.07. The second-order valence-corrected chi connectivity index (χ2v) is 8.22. The number of rotatable bonds is 3. The maximum Gasteiger partial charge on any atom is 0.308 e. The molecule has 158 valence electrons. The van der Waals surface area contributed by atoms with Crippen LogP contribution in [0, 0.1) is 11.8 Å². The Kier molecular flexibility index (Phi) is 6.02. The average molecular weight is 408 g/mol. The summed E-state index contributed by atoms with van der Waals surface area (Å²) in [5.41, 5.74) is 0.725. The van der Waals surface area contributed by atoms with Crippen LogP contribution >= 0.6 is 0 Å². The molecule has 2 saturated heterocycles. The Morgan fingerprint density at radius 2 is 1.40 bits per heavy atom. The Morgan fingerprint density at radius 1 is 0.800 bits per heavy atom. The molecule has 30 heavy (non-hydrogen) atoms.